The molecule has 0 unspecified atom stereocenters. The Morgan fingerprint density at radius 3 is 1.75 bits per heavy atom. The number of hydrogen-bond acceptors (Lipinski definition) is 0. The van der Waals surface area contributed by atoms with Crippen LogP contribution in [0.4, 0.5) is 0 Å². The summed E-state index contributed by atoms with van der Waals surface area (Å²) in [5.74, 6) is 0. The third kappa shape index (κ3) is 3.41. The van der Waals surface area contributed by atoms with E-state index in [9.17, 15) is 0 Å². The predicted octanol–water partition coefficient (Wildman–Crippen LogP) is -2.52. The SMILES string of the molecule is [K+].[Se-]c1ccccc1. The predicted molar refractivity (Wildman–Crippen MR) is 31.8 cm³/mol. The summed E-state index contributed by atoms with van der Waals surface area (Å²) in [5, 5.41) is 0. The van der Waals surface area contributed by atoms with Gasteiger partial charge in [-0.15, -0.1) is 0 Å². The van der Waals surface area contributed by atoms with Gasteiger partial charge in [0.2, 0.25) is 0 Å². The van der Waals surface area contributed by atoms with E-state index in [1.165, 1.54) is 4.46 Å². The Balaban J connectivity index is 0.000000490. The maximum atomic E-state index is 2.90. The molecule has 0 aromatic heterocycles. The average molecular weight is 195 g/mol. The molecule has 2 heteroatoms. The molecule has 0 saturated heterocycles. The van der Waals surface area contributed by atoms with Gasteiger partial charge < -0.3 is 0 Å². The molecule has 1 rings (SSSR count). The van der Waals surface area contributed by atoms with Gasteiger partial charge in [-0.05, 0) is 0 Å². The van der Waals surface area contributed by atoms with Crippen molar-refractivity contribution in [2.45, 2.75) is 0 Å². The fraction of sp³-hybridized carbons (Fsp3) is 0. The first-order valence-electron chi connectivity index (χ1n) is 2.11. The molecule has 0 aliphatic carbocycles. The van der Waals surface area contributed by atoms with E-state index in [1.54, 1.807) is 0 Å². The summed E-state index contributed by atoms with van der Waals surface area (Å²) in [6.07, 6.45) is 0. The van der Waals surface area contributed by atoms with Crippen LogP contribution in [0.3, 0.4) is 0 Å². The summed E-state index contributed by atoms with van der Waals surface area (Å²) in [6, 6.07) is 10.1. The van der Waals surface area contributed by atoms with Crippen molar-refractivity contribution in [2.75, 3.05) is 0 Å². The van der Waals surface area contributed by atoms with Crippen LogP contribution in [-0.2, 0) is 0 Å². The molecule has 0 aliphatic rings. The molecule has 0 fully saturated rings. The molecular formula is C6H5KSe. The Morgan fingerprint density at radius 2 is 1.50 bits per heavy atom. The summed E-state index contributed by atoms with van der Waals surface area (Å²) in [5.41, 5.74) is 0. The minimum atomic E-state index is 0. The van der Waals surface area contributed by atoms with Gasteiger partial charge in [-0.25, -0.2) is 0 Å². The van der Waals surface area contributed by atoms with Crippen LogP contribution in [0.2, 0.25) is 0 Å². The maximum absolute atomic E-state index is 2.90. The second-order valence-electron chi connectivity index (χ2n) is 1.31. The molecule has 1 aromatic carbocycles. The van der Waals surface area contributed by atoms with E-state index >= 15 is 0 Å². The van der Waals surface area contributed by atoms with Crippen molar-refractivity contribution in [3.63, 3.8) is 0 Å². The second kappa shape index (κ2) is 5.18. The number of hydrogen-bond donors (Lipinski definition) is 0. The molecule has 0 heterocycles. The molecule has 0 amide bonds. The molecule has 36 valence electrons. The zero-order valence-electron chi connectivity index (χ0n) is 4.79. The molecule has 1 aromatic rings. The number of rotatable bonds is 0. The van der Waals surface area contributed by atoms with Gasteiger partial charge in [0.15, 0.2) is 0 Å². The molecule has 0 bridgehead atoms. The van der Waals surface area contributed by atoms with Crippen LogP contribution in [0.15, 0.2) is 30.3 Å². The van der Waals surface area contributed by atoms with Gasteiger partial charge in [-0.1, -0.05) is 0 Å². The Morgan fingerprint density at radius 1 is 1.00 bits per heavy atom. The standard InChI is InChI=1S/C6H6Se.K/c7-6-4-2-1-3-5-6;/h1-5,7H;/q;+1/p-1. The Hall–Kier alpha value is 1.38. The normalized spacial score (nSPS) is 7.50. The van der Waals surface area contributed by atoms with Crippen LogP contribution in [0, 0.1) is 0 Å². The van der Waals surface area contributed by atoms with Gasteiger partial charge in [0.1, 0.15) is 0 Å². The van der Waals surface area contributed by atoms with Gasteiger partial charge in [0.25, 0.3) is 0 Å². The Labute approximate surface area is 100 Å². The van der Waals surface area contributed by atoms with E-state index in [-0.39, 0.29) is 51.4 Å². The summed E-state index contributed by atoms with van der Waals surface area (Å²) in [6.45, 7) is 0. The van der Waals surface area contributed by atoms with E-state index < -0.39 is 0 Å². The van der Waals surface area contributed by atoms with Crippen molar-refractivity contribution < 1.29 is 51.4 Å². The van der Waals surface area contributed by atoms with Crippen molar-refractivity contribution in [3.05, 3.63) is 30.3 Å². The van der Waals surface area contributed by atoms with Crippen LogP contribution >= 0.6 is 0 Å². The van der Waals surface area contributed by atoms with Crippen molar-refractivity contribution in [1.29, 1.82) is 0 Å². The number of benzene rings is 1. The molecule has 0 radical (unpaired) electrons. The zero-order chi connectivity index (χ0) is 5.11. The molecule has 0 nitrogen and oxygen atoms in total. The molecule has 0 saturated carbocycles. The van der Waals surface area contributed by atoms with Gasteiger partial charge in [0, 0.05) is 0 Å². The molecular weight excluding hydrogens is 190 g/mol. The van der Waals surface area contributed by atoms with Crippen LogP contribution in [-0.4, -0.2) is 16.0 Å². The molecule has 0 atom stereocenters. The van der Waals surface area contributed by atoms with Crippen molar-refractivity contribution >= 4 is 20.5 Å². The third-order valence-electron chi connectivity index (χ3n) is 0.743. The first-order chi connectivity index (χ1) is 3.39. The van der Waals surface area contributed by atoms with Crippen molar-refractivity contribution in [1.82, 2.24) is 0 Å². The quantitative estimate of drug-likeness (QED) is 0.401. The Kier molecular flexibility index (Phi) is 6.08. The third-order valence-corrected chi connectivity index (χ3v) is 1.31. The fourth-order valence-electron chi connectivity index (χ4n) is 0.420. The van der Waals surface area contributed by atoms with Gasteiger partial charge in [-0.2, -0.15) is 0 Å². The zero-order valence-corrected chi connectivity index (χ0v) is 9.63. The Bertz CT molecular complexity index is 138. The first-order valence-corrected chi connectivity index (χ1v) is 2.97. The van der Waals surface area contributed by atoms with Gasteiger partial charge >= 0.3 is 102 Å². The van der Waals surface area contributed by atoms with Crippen molar-refractivity contribution in [3.8, 4) is 0 Å². The van der Waals surface area contributed by atoms with Crippen molar-refractivity contribution in [2.24, 2.45) is 0 Å². The summed E-state index contributed by atoms with van der Waals surface area (Å²) >= 11 is 2.90. The van der Waals surface area contributed by atoms with E-state index in [0.717, 1.165) is 0 Å². The fourth-order valence-corrected chi connectivity index (χ4v) is 0.750. The molecule has 0 N–H and O–H groups in total. The second-order valence-corrected chi connectivity index (χ2v) is 2.30. The monoisotopic (exact) mass is 196 g/mol. The molecule has 8 heavy (non-hydrogen) atoms. The van der Waals surface area contributed by atoms with Crippen LogP contribution in [0.1, 0.15) is 0 Å². The van der Waals surface area contributed by atoms with E-state index in [0.29, 0.717) is 0 Å². The van der Waals surface area contributed by atoms with E-state index in [1.807, 2.05) is 30.3 Å². The molecule has 0 aliphatic heterocycles. The van der Waals surface area contributed by atoms with E-state index in [4.69, 9.17) is 0 Å². The summed E-state index contributed by atoms with van der Waals surface area (Å²) in [4.78, 5) is 0. The average Bonchev–Trinajstić information content (AvgIpc) is 1.69. The summed E-state index contributed by atoms with van der Waals surface area (Å²) in [7, 11) is 0. The summed E-state index contributed by atoms with van der Waals surface area (Å²) < 4.78 is 1.20. The first kappa shape index (κ1) is 9.38. The van der Waals surface area contributed by atoms with Crippen LogP contribution in [0.5, 0.6) is 0 Å². The van der Waals surface area contributed by atoms with Gasteiger partial charge in [-0.3, -0.25) is 0 Å². The minimum absolute atomic E-state index is 0. The van der Waals surface area contributed by atoms with E-state index in [2.05, 4.69) is 16.0 Å². The molecule has 0 spiro atoms. The van der Waals surface area contributed by atoms with Crippen LogP contribution in [0.25, 0.3) is 0 Å². The van der Waals surface area contributed by atoms with Crippen LogP contribution < -0.4 is 55.8 Å². The topological polar surface area (TPSA) is 0 Å². The van der Waals surface area contributed by atoms with Gasteiger partial charge in [0.05, 0.1) is 0 Å².